The van der Waals surface area contributed by atoms with E-state index in [0.29, 0.717) is 12.0 Å². The molecule has 0 spiro atoms. The molecule has 0 heterocycles. The molecule has 0 saturated carbocycles. The quantitative estimate of drug-likeness (QED) is 0.0826. The molecule has 1 rings (SSSR count). The second-order valence-electron chi connectivity index (χ2n) is 8.28. The number of hydrogen-bond donors (Lipinski definition) is 5. The number of carboxylic acid groups (broad SMARTS) is 1. The topological polar surface area (TPSA) is 220 Å². The zero-order chi connectivity index (χ0) is 28.7. The second kappa shape index (κ2) is 16.4. The van der Waals surface area contributed by atoms with Crippen LogP contribution >= 0.6 is 0 Å². The number of ether oxygens (including phenoxy) is 1. The summed E-state index contributed by atoms with van der Waals surface area (Å²) >= 11 is 0. The Morgan fingerprint density at radius 1 is 1.05 bits per heavy atom. The van der Waals surface area contributed by atoms with Crippen LogP contribution in [0.1, 0.15) is 34.1 Å². The maximum atomic E-state index is 12.3. The lowest BCUT2D eigenvalue weighted by Crippen LogP contribution is -2.52. The van der Waals surface area contributed by atoms with Gasteiger partial charge in [0.1, 0.15) is 24.9 Å². The number of carbonyl (C=O) groups is 5. The molecule has 1 aromatic carbocycles. The number of esters is 1. The van der Waals surface area contributed by atoms with Crippen LogP contribution in [-0.4, -0.2) is 64.9 Å². The first-order valence-corrected chi connectivity index (χ1v) is 11.1. The first-order valence-electron chi connectivity index (χ1n) is 11.1. The van der Waals surface area contributed by atoms with E-state index in [1.165, 1.54) is 38.1 Å². The molecular formula is C23H33N5O9. The summed E-state index contributed by atoms with van der Waals surface area (Å²) in [5.74, 6) is -3.00. The van der Waals surface area contributed by atoms with E-state index in [1.807, 2.05) is 13.8 Å². The minimum absolute atomic E-state index is 0.115. The van der Waals surface area contributed by atoms with Gasteiger partial charge in [0.25, 0.3) is 5.69 Å². The van der Waals surface area contributed by atoms with Gasteiger partial charge in [-0.3, -0.25) is 29.3 Å². The standard InChI is InChI=1S/C17H24N4O6.C6H9NO3/c1-10(2)8-14(20-16(23)11(3)18)17(24)19-9-15(22)27-13-6-4-12(5-7-13)21(25)26;1-4(2)6(10)7-3-5(8)9/h4-7,10-11,14H,8-9,18H2,1-3H3,(H,19,24)(H,20,23);1,3H2,2H3,(H,7,10)(H,8,9). The minimum atomic E-state index is -1.06. The molecule has 14 heteroatoms. The lowest BCUT2D eigenvalue weighted by molar-refractivity contribution is -0.384. The summed E-state index contributed by atoms with van der Waals surface area (Å²) in [4.78, 5) is 66.3. The van der Waals surface area contributed by atoms with Crippen LogP contribution in [0.25, 0.3) is 0 Å². The number of nitrogens with two attached hydrogens (primary N) is 1. The lowest BCUT2D eigenvalue weighted by atomic mass is 10.0. The largest absolute Gasteiger partial charge is 0.480 e. The highest BCUT2D eigenvalue weighted by Gasteiger charge is 2.23. The normalized spacial score (nSPS) is 11.6. The molecule has 1 aromatic rings. The number of amides is 3. The summed E-state index contributed by atoms with van der Waals surface area (Å²) in [6, 6.07) is 3.37. The molecule has 0 aliphatic carbocycles. The number of hydrogen-bond acceptors (Lipinski definition) is 9. The number of rotatable bonds is 12. The van der Waals surface area contributed by atoms with Gasteiger partial charge in [-0.2, -0.15) is 0 Å². The van der Waals surface area contributed by atoms with Gasteiger partial charge in [-0.15, -0.1) is 0 Å². The number of nitrogens with one attached hydrogen (secondary N) is 3. The molecule has 14 nitrogen and oxygen atoms in total. The fourth-order valence-electron chi connectivity index (χ4n) is 2.40. The van der Waals surface area contributed by atoms with E-state index in [2.05, 4.69) is 22.5 Å². The van der Waals surface area contributed by atoms with E-state index in [1.54, 1.807) is 0 Å². The highest BCUT2D eigenvalue weighted by atomic mass is 16.6. The summed E-state index contributed by atoms with van der Waals surface area (Å²) in [5.41, 5.74) is 5.66. The van der Waals surface area contributed by atoms with Crippen molar-refractivity contribution in [3.8, 4) is 5.75 Å². The predicted octanol–water partition coefficient (Wildman–Crippen LogP) is 0.258. The number of nitro benzene ring substituents is 1. The van der Waals surface area contributed by atoms with Gasteiger partial charge in [0.15, 0.2) is 0 Å². The van der Waals surface area contributed by atoms with Gasteiger partial charge >= 0.3 is 11.9 Å². The van der Waals surface area contributed by atoms with Gasteiger partial charge in [-0.05, 0) is 38.3 Å². The van der Waals surface area contributed by atoms with Crippen LogP contribution < -0.4 is 26.4 Å². The lowest BCUT2D eigenvalue weighted by Gasteiger charge is -2.21. The molecule has 204 valence electrons. The predicted molar refractivity (Wildman–Crippen MR) is 132 cm³/mol. The number of non-ortho nitro benzene ring substituents is 1. The SMILES string of the molecule is C=C(C)C(=O)NCC(=O)O.CC(C)CC(NC(=O)C(C)N)C(=O)NCC(=O)Oc1ccc([N+](=O)[O-])cc1. The van der Waals surface area contributed by atoms with Crippen molar-refractivity contribution in [3.63, 3.8) is 0 Å². The van der Waals surface area contributed by atoms with Crippen molar-refractivity contribution in [2.24, 2.45) is 11.7 Å². The van der Waals surface area contributed by atoms with Crippen molar-refractivity contribution in [3.05, 3.63) is 46.5 Å². The molecule has 0 aliphatic rings. The number of aliphatic carboxylic acids is 1. The molecule has 6 N–H and O–H groups in total. The van der Waals surface area contributed by atoms with Crippen molar-refractivity contribution in [1.29, 1.82) is 0 Å². The molecule has 0 aliphatic heterocycles. The summed E-state index contributed by atoms with van der Waals surface area (Å²) in [5, 5.41) is 25.8. The van der Waals surface area contributed by atoms with E-state index in [4.69, 9.17) is 15.6 Å². The van der Waals surface area contributed by atoms with Gasteiger partial charge in [-0.1, -0.05) is 20.4 Å². The first-order chi connectivity index (χ1) is 17.1. The van der Waals surface area contributed by atoms with Crippen molar-refractivity contribution in [2.45, 2.75) is 46.2 Å². The zero-order valence-corrected chi connectivity index (χ0v) is 21.1. The van der Waals surface area contributed by atoms with Gasteiger partial charge in [0.05, 0.1) is 11.0 Å². The summed E-state index contributed by atoms with van der Waals surface area (Å²) < 4.78 is 5.00. The number of benzene rings is 1. The smallest absolute Gasteiger partial charge is 0.330 e. The number of nitro groups is 1. The fraction of sp³-hybridized carbons (Fsp3) is 0.435. The third-order valence-electron chi connectivity index (χ3n) is 4.23. The molecule has 0 fully saturated rings. The van der Waals surface area contributed by atoms with Crippen molar-refractivity contribution >= 4 is 35.3 Å². The van der Waals surface area contributed by atoms with Gasteiger partial charge in [-0.25, -0.2) is 4.79 Å². The van der Waals surface area contributed by atoms with Gasteiger partial charge in [0, 0.05) is 17.7 Å². The van der Waals surface area contributed by atoms with Crippen molar-refractivity contribution in [1.82, 2.24) is 16.0 Å². The minimum Gasteiger partial charge on any atom is -0.480 e. The molecular weight excluding hydrogens is 490 g/mol. The van der Waals surface area contributed by atoms with Crippen LogP contribution in [0.4, 0.5) is 5.69 Å². The van der Waals surface area contributed by atoms with Crippen LogP contribution in [-0.2, 0) is 24.0 Å². The van der Waals surface area contributed by atoms with Crippen molar-refractivity contribution < 1.29 is 38.7 Å². The molecule has 0 saturated heterocycles. The zero-order valence-electron chi connectivity index (χ0n) is 21.1. The van der Waals surface area contributed by atoms with Crippen LogP contribution in [0, 0.1) is 16.0 Å². The first kappa shape index (κ1) is 32.7. The Morgan fingerprint density at radius 3 is 2.05 bits per heavy atom. The van der Waals surface area contributed by atoms with Crippen LogP contribution in [0.5, 0.6) is 5.75 Å². The third-order valence-corrected chi connectivity index (χ3v) is 4.23. The van der Waals surface area contributed by atoms with Gasteiger partial charge in [0.2, 0.25) is 17.7 Å². The Bertz CT molecular complexity index is 991. The van der Waals surface area contributed by atoms with E-state index >= 15 is 0 Å². The van der Waals surface area contributed by atoms with Crippen LogP contribution in [0.3, 0.4) is 0 Å². The highest BCUT2D eigenvalue weighted by Crippen LogP contribution is 2.17. The van der Waals surface area contributed by atoms with Gasteiger partial charge < -0.3 is 31.5 Å². The maximum Gasteiger partial charge on any atom is 0.330 e. The van der Waals surface area contributed by atoms with Crippen LogP contribution in [0.15, 0.2) is 36.4 Å². The Balaban J connectivity index is 0.00000109. The Hall–Kier alpha value is -4.33. The molecule has 0 bridgehead atoms. The fourth-order valence-corrected chi connectivity index (χ4v) is 2.40. The Morgan fingerprint density at radius 2 is 1.62 bits per heavy atom. The average molecular weight is 524 g/mol. The molecule has 37 heavy (non-hydrogen) atoms. The molecule has 0 aromatic heterocycles. The Kier molecular flexibility index (Phi) is 14.4. The molecule has 2 unspecified atom stereocenters. The van der Waals surface area contributed by atoms with E-state index in [9.17, 15) is 34.1 Å². The second-order valence-corrected chi connectivity index (χ2v) is 8.28. The molecule has 0 radical (unpaired) electrons. The summed E-state index contributed by atoms with van der Waals surface area (Å²) in [6.45, 7) is 9.35. The number of carbonyl (C=O) groups excluding carboxylic acids is 4. The maximum absolute atomic E-state index is 12.3. The number of nitrogens with zero attached hydrogens (tertiary/aromatic N) is 1. The molecule has 2 atom stereocenters. The average Bonchev–Trinajstić information content (AvgIpc) is 2.80. The van der Waals surface area contributed by atoms with E-state index in [0.717, 1.165) is 0 Å². The van der Waals surface area contributed by atoms with Crippen LogP contribution in [0.2, 0.25) is 0 Å². The van der Waals surface area contributed by atoms with Crippen molar-refractivity contribution in [2.75, 3.05) is 13.1 Å². The third kappa shape index (κ3) is 14.6. The monoisotopic (exact) mass is 523 g/mol. The number of carboxylic acids is 1. The van der Waals surface area contributed by atoms with E-state index < -0.39 is 53.2 Å². The Labute approximate surface area is 213 Å². The summed E-state index contributed by atoms with van der Waals surface area (Å²) in [7, 11) is 0. The summed E-state index contributed by atoms with van der Waals surface area (Å²) in [6.07, 6.45) is 0.377. The molecule has 3 amide bonds. The highest BCUT2D eigenvalue weighted by molar-refractivity contribution is 5.94. The van der Waals surface area contributed by atoms with E-state index in [-0.39, 0.29) is 23.9 Å².